The fourth-order valence-electron chi connectivity index (χ4n) is 4.65. The van der Waals surface area contributed by atoms with Crippen molar-refractivity contribution in [2.24, 2.45) is 0 Å². The summed E-state index contributed by atoms with van der Waals surface area (Å²) in [5.74, 6) is -0.315. The van der Waals surface area contributed by atoms with Gasteiger partial charge in [0.15, 0.2) is 5.11 Å². The lowest BCUT2D eigenvalue weighted by Gasteiger charge is -2.37. The highest BCUT2D eigenvalue weighted by molar-refractivity contribution is 7.80. The van der Waals surface area contributed by atoms with Crippen molar-refractivity contribution in [3.63, 3.8) is 0 Å². The van der Waals surface area contributed by atoms with Gasteiger partial charge in [-0.25, -0.2) is 4.79 Å². The zero-order valence-corrected chi connectivity index (χ0v) is 21.4. The highest BCUT2D eigenvalue weighted by Crippen LogP contribution is 2.38. The lowest BCUT2D eigenvalue weighted by molar-refractivity contribution is -0.137. The third kappa shape index (κ3) is 6.09. The molecule has 0 amide bonds. The fraction of sp³-hybridized carbons (Fsp3) is 0.520. The molecule has 10 heteroatoms. The first kappa shape index (κ1) is 25.8. The predicted molar refractivity (Wildman–Crippen MR) is 138 cm³/mol. The van der Waals surface area contributed by atoms with Gasteiger partial charge in [0.05, 0.1) is 17.7 Å². The summed E-state index contributed by atoms with van der Waals surface area (Å²) in [5, 5.41) is 4.57. The molecule has 35 heavy (non-hydrogen) atoms. The first-order valence-corrected chi connectivity index (χ1v) is 13.3. The van der Waals surface area contributed by atoms with Gasteiger partial charge >= 0.3 is 12.1 Å². The fourth-order valence-corrected chi connectivity index (χ4v) is 6.28. The second-order valence-electron chi connectivity index (χ2n) is 8.79. The van der Waals surface area contributed by atoms with E-state index in [1.54, 1.807) is 24.3 Å². The molecule has 1 aliphatic carbocycles. The Hall–Kier alpha value is -2.33. The van der Waals surface area contributed by atoms with Crippen molar-refractivity contribution in [2.45, 2.75) is 51.6 Å². The van der Waals surface area contributed by atoms with E-state index in [-0.39, 0.29) is 5.97 Å². The maximum Gasteiger partial charge on any atom is 0.416 e. The number of thiophene rings is 1. The van der Waals surface area contributed by atoms with E-state index in [2.05, 4.69) is 5.32 Å². The van der Waals surface area contributed by atoms with E-state index in [0.717, 1.165) is 48.7 Å². The van der Waals surface area contributed by atoms with Crippen LogP contribution >= 0.6 is 23.6 Å². The van der Waals surface area contributed by atoms with Crippen LogP contribution in [0.25, 0.3) is 0 Å². The molecule has 1 aliphatic heterocycles. The van der Waals surface area contributed by atoms with Crippen molar-refractivity contribution in [2.75, 3.05) is 43.0 Å². The molecule has 2 aliphatic rings. The molecule has 5 nitrogen and oxygen atoms in total. The van der Waals surface area contributed by atoms with E-state index < -0.39 is 11.7 Å². The van der Waals surface area contributed by atoms with Gasteiger partial charge in [-0.2, -0.15) is 13.2 Å². The Labute approximate surface area is 213 Å². The van der Waals surface area contributed by atoms with Crippen molar-refractivity contribution < 1.29 is 22.7 Å². The second kappa shape index (κ2) is 11.2. The van der Waals surface area contributed by atoms with Crippen molar-refractivity contribution in [1.82, 2.24) is 4.90 Å². The summed E-state index contributed by atoms with van der Waals surface area (Å²) in [6, 6.07) is 5.43. The number of esters is 1. The van der Waals surface area contributed by atoms with Gasteiger partial charge in [-0.3, -0.25) is 0 Å². The number of nitrogens with zero attached hydrogens (tertiary/aromatic N) is 2. The summed E-state index contributed by atoms with van der Waals surface area (Å²) in [7, 11) is 0. The minimum atomic E-state index is -4.36. The van der Waals surface area contributed by atoms with Gasteiger partial charge in [-0.1, -0.05) is 18.9 Å². The molecule has 190 valence electrons. The molecular formula is C25H30F3N3O2S2. The van der Waals surface area contributed by atoms with E-state index in [0.29, 0.717) is 49.1 Å². The van der Waals surface area contributed by atoms with Crippen molar-refractivity contribution >= 4 is 45.3 Å². The molecule has 2 aromatic rings. The Morgan fingerprint density at radius 2 is 1.83 bits per heavy atom. The number of nitrogens with one attached hydrogen (secondary N) is 1. The molecule has 1 saturated heterocycles. The summed E-state index contributed by atoms with van der Waals surface area (Å²) in [5.41, 5.74) is 1.61. The number of aryl methyl sites for hydroxylation is 1. The lowest BCUT2D eigenvalue weighted by atomic mass is 9.96. The lowest BCUT2D eigenvalue weighted by Crippen LogP contribution is -2.50. The number of piperazine rings is 1. The number of fused-ring (bicyclic) bond motifs is 1. The van der Waals surface area contributed by atoms with Crippen LogP contribution in [0.1, 0.15) is 59.0 Å². The van der Waals surface area contributed by atoms with Gasteiger partial charge in [0, 0.05) is 36.7 Å². The number of benzene rings is 1. The van der Waals surface area contributed by atoms with E-state index in [1.807, 2.05) is 9.80 Å². The van der Waals surface area contributed by atoms with Crippen LogP contribution in [-0.2, 0) is 23.8 Å². The van der Waals surface area contributed by atoms with Crippen LogP contribution in [0.15, 0.2) is 24.3 Å². The monoisotopic (exact) mass is 525 g/mol. The summed E-state index contributed by atoms with van der Waals surface area (Å²) in [6.07, 6.45) is 1.98. The Morgan fingerprint density at radius 3 is 2.51 bits per heavy atom. The minimum Gasteiger partial charge on any atom is -0.462 e. The van der Waals surface area contributed by atoms with Gasteiger partial charge in [0.25, 0.3) is 0 Å². The van der Waals surface area contributed by atoms with E-state index in [4.69, 9.17) is 17.0 Å². The summed E-state index contributed by atoms with van der Waals surface area (Å²) >= 11 is 7.28. The molecule has 4 rings (SSSR count). The number of thiocarbonyl (C=S) groups is 1. The van der Waals surface area contributed by atoms with E-state index in [9.17, 15) is 18.0 Å². The molecule has 0 spiro atoms. The van der Waals surface area contributed by atoms with Gasteiger partial charge in [-0.15, -0.1) is 11.3 Å². The molecule has 1 aromatic heterocycles. The van der Waals surface area contributed by atoms with Crippen LogP contribution in [0.5, 0.6) is 0 Å². The number of hydrogen-bond acceptors (Lipinski definition) is 5. The standard InChI is InChI=1S/C25H30F3N3O2S2/c1-2-33-23(32)21-19-10-5-3-4-6-11-20(19)35-22(21)29-24(34)31-14-12-30(13-15-31)18-9-7-8-17(16-18)25(26,27)28/h7-9,16H,2-6,10-15H2,1H3,(H,29,34). The molecule has 2 heterocycles. The van der Waals surface area contributed by atoms with E-state index >= 15 is 0 Å². The first-order chi connectivity index (χ1) is 16.8. The molecule has 0 unspecified atom stereocenters. The number of carbonyl (C=O) groups excluding carboxylic acids is 1. The molecule has 0 bridgehead atoms. The SMILES string of the molecule is CCOC(=O)c1c(NC(=S)N2CCN(c3cccc(C(F)(F)F)c3)CC2)sc2c1CCCCCC2. The van der Waals surface area contributed by atoms with Crippen LogP contribution in [-0.4, -0.2) is 48.8 Å². The van der Waals surface area contributed by atoms with Gasteiger partial charge in [0.1, 0.15) is 5.00 Å². The summed E-state index contributed by atoms with van der Waals surface area (Å²) < 4.78 is 44.7. The second-order valence-corrected chi connectivity index (χ2v) is 10.3. The highest BCUT2D eigenvalue weighted by Gasteiger charge is 2.31. The largest absolute Gasteiger partial charge is 0.462 e. The van der Waals surface area contributed by atoms with Gasteiger partial charge < -0.3 is 19.9 Å². The topological polar surface area (TPSA) is 44.8 Å². The quantitative estimate of drug-likeness (QED) is 0.383. The summed E-state index contributed by atoms with van der Waals surface area (Å²) in [6.45, 7) is 4.36. The number of alkyl halides is 3. The first-order valence-electron chi connectivity index (χ1n) is 12.1. The molecule has 1 aromatic carbocycles. The van der Waals surface area contributed by atoms with Crippen LogP contribution in [0.3, 0.4) is 0 Å². The molecule has 0 saturated carbocycles. The number of carbonyl (C=O) groups is 1. The Morgan fingerprint density at radius 1 is 1.11 bits per heavy atom. The molecule has 0 atom stereocenters. The average Bonchev–Trinajstić information content (AvgIpc) is 3.14. The van der Waals surface area contributed by atoms with Crippen LogP contribution in [0.2, 0.25) is 0 Å². The number of rotatable bonds is 4. The molecule has 0 radical (unpaired) electrons. The normalized spacial score (nSPS) is 16.8. The number of hydrogen-bond donors (Lipinski definition) is 1. The molecule has 1 N–H and O–H groups in total. The smallest absolute Gasteiger partial charge is 0.416 e. The van der Waals surface area contributed by atoms with Crippen molar-refractivity contribution in [1.29, 1.82) is 0 Å². The third-order valence-electron chi connectivity index (χ3n) is 6.48. The third-order valence-corrected chi connectivity index (χ3v) is 8.04. The Kier molecular flexibility index (Phi) is 8.21. The summed E-state index contributed by atoms with van der Waals surface area (Å²) in [4.78, 5) is 18.0. The van der Waals surface area contributed by atoms with E-state index in [1.165, 1.54) is 23.4 Å². The highest BCUT2D eigenvalue weighted by atomic mass is 32.1. The van der Waals surface area contributed by atoms with Gasteiger partial charge in [-0.05, 0) is 68.6 Å². The zero-order chi connectivity index (χ0) is 25.0. The number of ether oxygens (including phenoxy) is 1. The Bertz CT molecular complexity index is 1060. The maximum absolute atomic E-state index is 13.1. The predicted octanol–water partition coefficient (Wildman–Crippen LogP) is 6.12. The average molecular weight is 526 g/mol. The van der Waals surface area contributed by atoms with Crippen LogP contribution in [0.4, 0.5) is 23.9 Å². The Balaban J connectivity index is 1.45. The van der Waals surface area contributed by atoms with Gasteiger partial charge in [0.2, 0.25) is 0 Å². The number of halogens is 3. The van der Waals surface area contributed by atoms with Crippen LogP contribution in [0, 0.1) is 0 Å². The minimum absolute atomic E-state index is 0.310. The molecular weight excluding hydrogens is 495 g/mol. The van der Waals surface area contributed by atoms with Crippen LogP contribution < -0.4 is 10.2 Å². The van der Waals surface area contributed by atoms with Crippen molar-refractivity contribution in [3.8, 4) is 0 Å². The zero-order valence-electron chi connectivity index (χ0n) is 19.7. The maximum atomic E-state index is 13.1. The van der Waals surface area contributed by atoms with Crippen molar-refractivity contribution in [3.05, 3.63) is 45.8 Å². The molecule has 1 fully saturated rings. The number of anilines is 2.